The average molecular weight is 276 g/mol. The lowest BCUT2D eigenvalue weighted by atomic mass is 9.84. The molecule has 1 aromatic carbocycles. The second-order valence-corrected chi connectivity index (χ2v) is 5.67. The molecule has 0 saturated heterocycles. The number of hydrogen-bond donors (Lipinski definition) is 2. The van der Waals surface area contributed by atoms with Crippen molar-refractivity contribution < 1.29 is 14.8 Å². The van der Waals surface area contributed by atoms with Crippen LogP contribution in [0.25, 0.3) is 0 Å². The molecule has 0 heterocycles. The Bertz CT molecular complexity index is 560. The number of carboxylic acids is 1. The van der Waals surface area contributed by atoms with E-state index >= 15 is 0 Å². The van der Waals surface area contributed by atoms with Gasteiger partial charge in [0.05, 0.1) is 10.8 Å². The van der Waals surface area contributed by atoms with Crippen LogP contribution in [-0.2, 0) is 4.79 Å². The molecule has 2 bridgehead atoms. The van der Waals surface area contributed by atoms with Crippen LogP contribution in [0.4, 0.5) is 11.4 Å². The first-order valence-electron chi connectivity index (χ1n) is 6.80. The molecule has 106 valence electrons. The number of nitrogens with one attached hydrogen (secondary N) is 1. The molecular weight excluding hydrogens is 260 g/mol. The van der Waals surface area contributed by atoms with Gasteiger partial charge in [-0.1, -0.05) is 6.07 Å². The quantitative estimate of drug-likeness (QED) is 0.651. The number of aliphatic carboxylic acids is 1. The van der Waals surface area contributed by atoms with Crippen LogP contribution in [0.15, 0.2) is 24.3 Å². The smallest absolute Gasteiger partial charge is 0.308 e. The summed E-state index contributed by atoms with van der Waals surface area (Å²) in [4.78, 5) is 21.7. The number of nitrogens with zero attached hydrogens (tertiary/aromatic N) is 1. The molecular formula is C14H16N2O4. The third kappa shape index (κ3) is 2.11. The molecule has 6 heteroatoms. The highest BCUT2D eigenvalue weighted by Crippen LogP contribution is 2.49. The van der Waals surface area contributed by atoms with E-state index in [0.29, 0.717) is 11.6 Å². The van der Waals surface area contributed by atoms with Gasteiger partial charge in [0.25, 0.3) is 5.69 Å². The van der Waals surface area contributed by atoms with Gasteiger partial charge in [-0.15, -0.1) is 0 Å². The van der Waals surface area contributed by atoms with E-state index in [1.165, 1.54) is 12.1 Å². The molecule has 0 radical (unpaired) electrons. The summed E-state index contributed by atoms with van der Waals surface area (Å²) in [5.74, 6) is -0.540. The van der Waals surface area contributed by atoms with E-state index in [1.807, 2.05) is 0 Å². The van der Waals surface area contributed by atoms with Crippen LogP contribution in [0.1, 0.15) is 19.3 Å². The van der Waals surface area contributed by atoms with E-state index in [4.69, 9.17) is 0 Å². The van der Waals surface area contributed by atoms with Crippen LogP contribution in [0.2, 0.25) is 0 Å². The first-order valence-corrected chi connectivity index (χ1v) is 6.80. The molecule has 2 saturated carbocycles. The lowest BCUT2D eigenvalue weighted by Crippen LogP contribution is -2.39. The lowest BCUT2D eigenvalue weighted by molar-refractivity contribution is -0.384. The number of nitro benzene ring substituents is 1. The molecule has 4 unspecified atom stereocenters. The first kappa shape index (κ1) is 12.9. The number of rotatable bonds is 4. The number of nitro groups is 1. The average Bonchev–Trinajstić information content (AvgIpc) is 2.99. The van der Waals surface area contributed by atoms with Gasteiger partial charge in [0.2, 0.25) is 0 Å². The minimum absolute atomic E-state index is 0.0185. The summed E-state index contributed by atoms with van der Waals surface area (Å²) in [7, 11) is 0. The second kappa shape index (κ2) is 4.77. The zero-order chi connectivity index (χ0) is 14.3. The van der Waals surface area contributed by atoms with Crippen LogP contribution in [0.3, 0.4) is 0 Å². The Balaban J connectivity index is 1.81. The van der Waals surface area contributed by atoms with Crippen molar-refractivity contribution in [3.63, 3.8) is 0 Å². The molecule has 4 atom stereocenters. The predicted octanol–water partition coefficient (Wildman–Crippen LogP) is 2.51. The van der Waals surface area contributed by atoms with Crippen LogP contribution >= 0.6 is 0 Å². The number of hydrogen-bond acceptors (Lipinski definition) is 4. The number of carboxylic acid groups (broad SMARTS) is 1. The third-order valence-electron chi connectivity index (χ3n) is 4.59. The fourth-order valence-electron chi connectivity index (χ4n) is 3.76. The Morgan fingerprint density at radius 3 is 2.80 bits per heavy atom. The van der Waals surface area contributed by atoms with Crippen molar-refractivity contribution in [2.75, 3.05) is 5.32 Å². The number of non-ortho nitro benzene ring substituents is 1. The zero-order valence-electron chi connectivity index (χ0n) is 10.9. The lowest BCUT2D eigenvalue weighted by Gasteiger charge is -2.29. The minimum Gasteiger partial charge on any atom is -0.481 e. The van der Waals surface area contributed by atoms with Gasteiger partial charge in [0.15, 0.2) is 0 Å². The highest BCUT2D eigenvalue weighted by atomic mass is 16.6. The summed E-state index contributed by atoms with van der Waals surface area (Å²) < 4.78 is 0. The summed E-state index contributed by atoms with van der Waals surface area (Å²) in [6.45, 7) is 0. The van der Waals surface area contributed by atoms with E-state index in [2.05, 4.69) is 5.32 Å². The molecule has 0 spiro atoms. The monoisotopic (exact) mass is 276 g/mol. The number of benzene rings is 1. The zero-order valence-corrected chi connectivity index (χ0v) is 10.9. The van der Waals surface area contributed by atoms with E-state index in [0.717, 1.165) is 19.3 Å². The molecule has 1 aromatic rings. The Labute approximate surface area is 115 Å². The summed E-state index contributed by atoms with van der Waals surface area (Å²) in [5.41, 5.74) is 0.646. The van der Waals surface area contributed by atoms with Gasteiger partial charge < -0.3 is 10.4 Å². The van der Waals surface area contributed by atoms with Gasteiger partial charge in [-0.25, -0.2) is 0 Å². The molecule has 0 amide bonds. The van der Waals surface area contributed by atoms with Gasteiger partial charge in [0.1, 0.15) is 0 Å². The maximum Gasteiger partial charge on any atom is 0.308 e. The fourth-order valence-corrected chi connectivity index (χ4v) is 3.76. The predicted molar refractivity (Wildman–Crippen MR) is 72.5 cm³/mol. The normalized spacial score (nSPS) is 31.2. The second-order valence-electron chi connectivity index (χ2n) is 5.67. The van der Waals surface area contributed by atoms with Crippen molar-refractivity contribution in [1.29, 1.82) is 0 Å². The maximum absolute atomic E-state index is 11.4. The highest BCUT2D eigenvalue weighted by Gasteiger charge is 2.51. The standard InChI is InChI=1S/C14H16N2O4/c17-14(18)12-8-4-5-9(6-8)13(12)15-10-2-1-3-11(7-10)16(19)20/h1-3,7-9,12-13,15H,4-6H2,(H,17,18). The van der Waals surface area contributed by atoms with Crippen molar-refractivity contribution in [3.05, 3.63) is 34.4 Å². The van der Waals surface area contributed by atoms with Crippen molar-refractivity contribution >= 4 is 17.3 Å². The molecule has 2 aliphatic carbocycles. The molecule has 3 rings (SSSR count). The molecule has 2 N–H and O–H groups in total. The number of anilines is 1. The van der Waals surface area contributed by atoms with Crippen molar-refractivity contribution in [3.8, 4) is 0 Å². The number of carbonyl (C=O) groups is 1. The molecule has 2 aliphatic rings. The summed E-state index contributed by atoms with van der Waals surface area (Å²) >= 11 is 0. The molecule has 0 aliphatic heterocycles. The van der Waals surface area contributed by atoms with Gasteiger partial charge in [-0.2, -0.15) is 0 Å². The Morgan fingerprint density at radius 2 is 2.10 bits per heavy atom. The first-order chi connectivity index (χ1) is 9.56. The molecule has 2 fully saturated rings. The van der Waals surface area contributed by atoms with Gasteiger partial charge >= 0.3 is 5.97 Å². The van der Waals surface area contributed by atoms with E-state index < -0.39 is 10.9 Å². The fraction of sp³-hybridized carbons (Fsp3) is 0.500. The SMILES string of the molecule is O=C(O)C1C2CCC(C2)C1Nc1cccc([N+](=O)[O-])c1. The molecule has 20 heavy (non-hydrogen) atoms. The third-order valence-corrected chi connectivity index (χ3v) is 4.59. The van der Waals surface area contributed by atoms with Gasteiger partial charge in [-0.05, 0) is 37.2 Å². The van der Waals surface area contributed by atoms with Crippen LogP contribution in [-0.4, -0.2) is 22.0 Å². The van der Waals surface area contributed by atoms with Crippen molar-refractivity contribution in [2.45, 2.75) is 25.3 Å². The summed E-state index contributed by atoms with van der Waals surface area (Å²) in [6.07, 6.45) is 2.97. The van der Waals surface area contributed by atoms with Gasteiger partial charge in [-0.3, -0.25) is 14.9 Å². The Kier molecular flexibility index (Phi) is 3.08. The Morgan fingerprint density at radius 1 is 1.35 bits per heavy atom. The van der Waals surface area contributed by atoms with Gasteiger partial charge in [0, 0.05) is 23.9 Å². The summed E-state index contributed by atoms with van der Waals surface area (Å²) in [5, 5.41) is 23.4. The summed E-state index contributed by atoms with van der Waals surface area (Å²) in [6, 6.07) is 6.14. The topological polar surface area (TPSA) is 92.5 Å². The maximum atomic E-state index is 11.4. The van der Waals surface area contributed by atoms with Crippen LogP contribution in [0, 0.1) is 27.9 Å². The van der Waals surface area contributed by atoms with Crippen LogP contribution < -0.4 is 5.32 Å². The van der Waals surface area contributed by atoms with Crippen molar-refractivity contribution in [2.24, 2.45) is 17.8 Å². The van der Waals surface area contributed by atoms with Crippen LogP contribution in [0.5, 0.6) is 0 Å². The molecule has 0 aromatic heterocycles. The number of fused-ring (bicyclic) bond motifs is 2. The van der Waals surface area contributed by atoms with E-state index in [1.54, 1.807) is 12.1 Å². The molecule has 6 nitrogen and oxygen atoms in total. The Hall–Kier alpha value is -2.11. The van der Waals surface area contributed by atoms with Crippen molar-refractivity contribution in [1.82, 2.24) is 0 Å². The highest BCUT2D eigenvalue weighted by molar-refractivity contribution is 5.73. The van der Waals surface area contributed by atoms with E-state index in [-0.39, 0.29) is 23.6 Å². The minimum atomic E-state index is -0.764. The largest absolute Gasteiger partial charge is 0.481 e. The van der Waals surface area contributed by atoms with E-state index in [9.17, 15) is 20.0 Å².